The summed E-state index contributed by atoms with van der Waals surface area (Å²) in [6, 6.07) is 8.15. The van der Waals surface area contributed by atoms with Crippen molar-refractivity contribution in [2.24, 2.45) is 0 Å². The van der Waals surface area contributed by atoms with E-state index in [1.165, 1.54) is 6.07 Å². The molecular formula is C21H18F2N2O2. The fourth-order valence-electron chi connectivity index (χ4n) is 3.59. The van der Waals surface area contributed by atoms with Gasteiger partial charge in [0.25, 0.3) is 0 Å². The number of ether oxygens (including phenoxy) is 1. The minimum atomic E-state index is -0.794. The highest BCUT2D eigenvalue weighted by molar-refractivity contribution is 6.01. The summed E-state index contributed by atoms with van der Waals surface area (Å²) in [5, 5.41) is 0. The number of carbonyl (C=O) groups is 1. The molecule has 1 aliphatic rings. The third kappa shape index (κ3) is 3.07. The first kappa shape index (κ1) is 17.3. The Balaban J connectivity index is 1.84. The molecule has 0 unspecified atom stereocenters. The minimum absolute atomic E-state index is 0.0874. The van der Waals surface area contributed by atoms with Crippen LogP contribution in [0.15, 0.2) is 36.4 Å². The van der Waals surface area contributed by atoms with E-state index < -0.39 is 11.6 Å². The lowest BCUT2D eigenvalue weighted by atomic mass is 9.89. The van der Waals surface area contributed by atoms with Crippen LogP contribution in [0.25, 0.3) is 11.3 Å². The number of benzene rings is 2. The molecule has 0 saturated carbocycles. The fraction of sp³-hybridized carbons (Fsp3) is 0.190. The summed E-state index contributed by atoms with van der Waals surface area (Å²) in [7, 11) is 0. The van der Waals surface area contributed by atoms with E-state index in [2.05, 4.69) is 4.98 Å². The molecule has 4 nitrogen and oxygen atoms in total. The van der Waals surface area contributed by atoms with Crippen LogP contribution in [0.2, 0.25) is 0 Å². The standard InChI is InChI=1S/C21H18F2N2O2/c1-11-20-14(3-2-4-17(20)26)21(25-11)15-10-13(24)6-8-18(15)27-19-7-5-12(22)9-16(19)23/h5-10,25H,2-4,24H2,1H3. The molecule has 3 aromatic rings. The minimum Gasteiger partial charge on any atom is -0.454 e. The topological polar surface area (TPSA) is 68.1 Å². The Hall–Kier alpha value is -3.15. The number of Topliss-reactive ketones (excluding diaryl/α,β-unsaturated/α-hetero) is 1. The molecule has 0 atom stereocenters. The molecule has 0 saturated heterocycles. The van der Waals surface area contributed by atoms with Gasteiger partial charge in [0.05, 0.1) is 5.69 Å². The number of ketones is 1. The molecular weight excluding hydrogens is 350 g/mol. The number of hydrogen-bond donors (Lipinski definition) is 2. The second kappa shape index (κ2) is 6.54. The van der Waals surface area contributed by atoms with Crippen LogP contribution >= 0.6 is 0 Å². The molecule has 0 aliphatic heterocycles. The number of anilines is 1. The van der Waals surface area contributed by atoms with Crippen molar-refractivity contribution in [2.75, 3.05) is 5.73 Å². The normalized spacial score (nSPS) is 13.5. The van der Waals surface area contributed by atoms with Gasteiger partial charge in [-0.15, -0.1) is 0 Å². The third-order valence-corrected chi connectivity index (χ3v) is 4.79. The lowest BCUT2D eigenvalue weighted by Crippen LogP contribution is -2.10. The van der Waals surface area contributed by atoms with E-state index in [4.69, 9.17) is 10.5 Å². The van der Waals surface area contributed by atoms with Crippen LogP contribution in [0, 0.1) is 18.6 Å². The summed E-state index contributed by atoms with van der Waals surface area (Å²) in [6.45, 7) is 1.86. The molecule has 0 radical (unpaired) electrons. The van der Waals surface area contributed by atoms with Crippen LogP contribution in [0.1, 0.15) is 34.5 Å². The zero-order valence-electron chi connectivity index (χ0n) is 14.7. The largest absolute Gasteiger partial charge is 0.454 e. The first-order chi connectivity index (χ1) is 12.9. The van der Waals surface area contributed by atoms with Crippen molar-refractivity contribution in [3.8, 4) is 22.8 Å². The maximum atomic E-state index is 14.0. The summed E-state index contributed by atoms with van der Waals surface area (Å²) < 4.78 is 32.9. The van der Waals surface area contributed by atoms with Gasteiger partial charge in [0.15, 0.2) is 17.3 Å². The highest BCUT2D eigenvalue weighted by atomic mass is 19.1. The van der Waals surface area contributed by atoms with Gasteiger partial charge < -0.3 is 15.5 Å². The smallest absolute Gasteiger partial charge is 0.168 e. The van der Waals surface area contributed by atoms with Gasteiger partial charge in [0.1, 0.15) is 11.6 Å². The number of H-pyrrole nitrogens is 1. The zero-order chi connectivity index (χ0) is 19.1. The van der Waals surface area contributed by atoms with Crippen molar-refractivity contribution in [2.45, 2.75) is 26.2 Å². The SMILES string of the molecule is Cc1[nH]c(-c2cc(N)ccc2Oc2ccc(F)cc2F)c2c1C(=O)CCC2. The number of carbonyl (C=O) groups excluding carboxylic acids is 1. The summed E-state index contributed by atoms with van der Waals surface area (Å²) in [5.41, 5.74) is 10.3. The Morgan fingerprint density at radius 2 is 1.85 bits per heavy atom. The number of aryl methyl sites for hydroxylation is 1. The van der Waals surface area contributed by atoms with Gasteiger partial charge in [0.2, 0.25) is 0 Å². The second-order valence-electron chi connectivity index (χ2n) is 6.69. The molecule has 0 amide bonds. The molecule has 2 aromatic carbocycles. The van der Waals surface area contributed by atoms with Gasteiger partial charge in [-0.05, 0) is 55.7 Å². The van der Waals surface area contributed by atoms with Crippen molar-refractivity contribution in [3.63, 3.8) is 0 Å². The van der Waals surface area contributed by atoms with E-state index in [1.54, 1.807) is 18.2 Å². The van der Waals surface area contributed by atoms with Crippen LogP contribution in [0.4, 0.5) is 14.5 Å². The summed E-state index contributed by atoms with van der Waals surface area (Å²) >= 11 is 0. The lowest BCUT2D eigenvalue weighted by Gasteiger charge is -2.15. The summed E-state index contributed by atoms with van der Waals surface area (Å²) in [5.74, 6) is -1.07. The van der Waals surface area contributed by atoms with Gasteiger partial charge in [-0.25, -0.2) is 8.78 Å². The van der Waals surface area contributed by atoms with Gasteiger partial charge in [-0.1, -0.05) is 0 Å². The molecule has 0 fully saturated rings. The predicted molar refractivity (Wildman–Crippen MR) is 99.1 cm³/mol. The predicted octanol–water partition coefficient (Wildman–Crippen LogP) is 5.16. The zero-order valence-corrected chi connectivity index (χ0v) is 14.7. The number of nitrogens with two attached hydrogens (primary N) is 1. The number of hydrogen-bond acceptors (Lipinski definition) is 3. The van der Waals surface area contributed by atoms with Crippen LogP contribution in [-0.4, -0.2) is 10.8 Å². The Morgan fingerprint density at radius 1 is 1.07 bits per heavy atom. The Labute approximate surface area is 155 Å². The highest BCUT2D eigenvalue weighted by Crippen LogP contribution is 2.40. The van der Waals surface area contributed by atoms with Gasteiger partial charge in [-0.3, -0.25) is 4.79 Å². The van der Waals surface area contributed by atoms with E-state index in [0.717, 1.165) is 47.5 Å². The van der Waals surface area contributed by atoms with Gasteiger partial charge in [-0.2, -0.15) is 0 Å². The van der Waals surface area contributed by atoms with Crippen molar-refractivity contribution < 1.29 is 18.3 Å². The van der Waals surface area contributed by atoms with E-state index in [0.29, 0.717) is 23.4 Å². The van der Waals surface area contributed by atoms with Crippen LogP contribution in [0.3, 0.4) is 0 Å². The summed E-state index contributed by atoms with van der Waals surface area (Å²) in [6.07, 6.45) is 2.08. The van der Waals surface area contributed by atoms with Crippen molar-refractivity contribution in [3.05, 3.63) is 64.9 Å². The average Bonchev–Trinajstić information content (AvgIpc) is 2.96. The first-order valence-electron chi connectivity index (χ1n) is 8.71. The van der Waals surface area contributed by atoms with Gasteiger partial charge >= 0.3 is 0 Å². The number of aromatic nitrogens is 1. The van der Waals surface area contributed by atoms with Crippen molar-refractivity contribution in [1.82, 2.24) is 4.98 Å². The fourth-order valence-corrected chi connectivity index (χ4v) is 3.59. The molecule has 1 heterocycles. The van der Waals surface area contributed by atoms with Crippen LogP contribution in [0.5, 0.6) is 11.5 Å². The van der Waals surface area contributed by atoms with Crippen LogP contribution < -0.4 is 10.5 Å². The molecule has 0 spiro atoms. The molecule has 6 heteroatoms. The van der Waals surface area contributed by atoms with Crippen LogP contribution in [-0.2, 0) is 6.42 Å². The molecule has 1 aliphatic carbocycles. The molecule has 4 rings (SSSR count). The Morgan fingerprint density at radius 3 is 2.63 bits per heavy atom. The molecule has 3 N–H and O–H groups in total. The third-order valence-electron chi connectivity index (χ3n) is 4.79. The average molecular weight is 368 g/mol. The number of nitrogen functional groups attached to an aromatic ring is 1. The first-order valence-corrected chi connectivity index (χ1v) is 8.71. The monoisotopic (exact) mass is 368 g/mol. The van der Waals surface area contributed by atoms with Gasteiger partial charge in [0, 0.05) is 35.0 Å². The van der Waals surface area contributed by atoms with Crippen molar-refractivity contribution >= 4 is 11.5 Å². The number of rotatable bonds is 3. The number of aromatic amines is 1. The van der Waals surface area contributed by atoms with Crippen molar-refractivity contribution in [1.29, 1.82) is 0 Å². The molecule has 138 valence electrons. The Bertz CT molecular complexity index is 1060. The molecule has 1 aromatic heterocycles. The van der Waals surface area contributed by atoms with E-state index >= 15 is 0 Å². The number of fused-ring (bicyclic) bond motifs is 1. The maximum Gasteiger partial charge on any atom is 0.168 e. The van der Waals surface area contributed by atoms with E-state index in [9.17, 15) is 13.6 Å². The quantitative estimate of drug-likeness (QED) is 0.627. The molecule has 27 heavy (non-hydrogen) atoms. The Kier molecular flexibility index (Phi) is 4.18. The number of nitrogens with one attached hydrogen (secondary N) is 1. The second-order valence-corrected chi connectivity index (χ2v) is 6.69. The van der Waals surface area contributed by atoms with E-state index in [1.807, 2.05) is 6.92 Å². The number of halogens is 2. The highest BCUT2D eigenvalue weighted by Gasteiger charge is 2.26. The molecule has 0 bridgehead atoms. The summed E-state index contributed by atoms with van der Waals surface area (Å²) in [4.78, 5) is 15.6. The van der Waals surface area contributed by atoms with E-state index in [-0.39, 0.29) is 11.5 Å². The lowest BCUT2D eigenvalue weighted by molar-refractivity contribution is 0.0972. The maximum absolute atomic E-state index is 14.0.